The van der Waals surface area contributed by atoms with Crippen LogP contribution in [-0.2, 0) is 0 Å². The number of carbonyl (C=O) groups is 1. The number of nitrogens with two attached hydrogens (primary N) is 1. The molecule has 0 spiro atoms. The number of rotatable bonds is 7. The van der Waals surface area contributed by atoms with Crippen LogP contribution in [0.15, 0.2) is 34.9 Å². The Bertz CT molecular complexity index is 676. The Hall–Kier alpha value is -2.45. The largest absolute Gasteiger partial charge is 0.491 e. The number of aromatic nitrogens is 2. The maximum absolute atomic E-state index is 11.1. The number of hydrogen-bond donors (Lipinski definition) is 2. The molecule has 8 nitrogen and oxygen atoms in total. The van der Waals surface area contributed by atoms with Crippen LogP contribution in [0.25, 0.3) is 0 Å². The summed E-state index contributed by atoms with van der Waals surface area (Å²) in [5.41, 5.74) is 5.14. The van der Waals surface area contributed by atoms with Gasteiger partial charge in [-0.15, -0.1) is 0 Å². The summed E-state index contributed by atoms with van der Waals surface area (Å²) in [5, 5.41) is 13.8. The molecule has 3 rings (SSSR count). The molecule has 1 aromatic heterocycles. The van der Waals surface area contributed by atoms with E-state index in [1.165, 1.54) is 0 Å². The lowest BCUT2D eigenvalue weighted by atomic mass is 10.2. The van der Waals surface area contributed by atoms with Crippen LogP contribution in [0.1, 0.15) is 35.4 Å². The number of nitrogens with zero attached hydrogens (tertiary/aromatic N) is 3. The highest BCUT2D eigenvalue weighted by Gasteiger charge is 2.32. The third-order valence-corrected chi connectivity index (χ3v) is 3.94. The molecule has 0 bridgehead atoms. The first kappa shape index (κ1) is 16.4. The van der Waals surface area contributed by atoms with Crippen LogP contribution >= 0.6 is 0 Å². The van der Waals surface area contributed by atoms with Crippen molar-refractivity contribution in [3.63, 3.8) is 0 Å². The topological polar surface area (TPSA) is 115 Å². The molecule has 0 radical (unpaired) electrons. The Morgan fingerprint density at radius 2 is 2.25 bits per heavy atom. The second-order valence-corrected chi connectivity index (χ2v) is 5.75. The number of β-amino-alcohol motifs (C(OH)–C–C–N with tert-alkyl or cyclic N) is 1. The van der Waals surface area contributed by atoms with Crippen LogP contribution in [0.3, 0.4) is 0 Å². The summed E-state index contributed by atoms with van der Waals surface area (Å²) in [4.78, 5) is 17.2. The fourth-order valence-electron chi connectivity index (χ4n) is 2.83. The first-order valence-electron chi connectivity index (χ1n) is 7.87. The summed E-state index contributed by atoms with van der Waals surface area (Å²) in [5.74, 6) is 0.241. The highest BCUT2D eigenvalue weighted by Crippen LogP contribution is 2.30. The van der Waals surface area contributed by atoms with E-state index in [4.69, 9.17) is 15.0 Å². The zero-order valence-electron chi connectivity index (χ0n) is 13.2. The standard InChI is InChI=1S/C16H20N4O4/c17-14(22)15-18-16(24-19-15)13-7-4-8-20(13)9-11(21)10-23-12-5-2-1-3-6-12/h1-3,5-6,11,13,21H,4,7-10H2,(H2,17,22)/t11-,13+/m1/s1. The second-order valence-electron chi connectivity index (χ2n) is 5.75. The summed E-state index contributed by atoms with van der Waals surface area (Å²) < 4.78 is 10.7. The molecule has 1 aromatic carbocycles. The normalized spacial score (nSPS) is 19.3. The second kappa shape index (κ2) is 7.41. The minimum Gasteiger partial charge on any atom is -0.491 e. The van der Waals surface area contributed by atoms with E-state index in [0.717, 1.165) is 25.1 Å². The molecular weight excluding hydrogens is 312 g/mol. The Balaban J connectivity index is 1.56. The van der Waals surface area contributed by atoms with Crippen LogP contribution in [0.2, 0.25) is 0 Å². The van der Waals surface area contributed by atoms with Crippen molar-refractivity contribution in [2.45, 2.75) is 25.0 Å². The summed E-state index contributed by atoms with van der Waals surface area (Å²) in [6.07, 6.45) is 1.13. The quantitative estimate of drug-likeness (QED) is 0.768. The van der Waals surface area contributed by atoms with Gasteiger partial charge in [0.2, 0.25) is 5.89 Å². The van der Waals surface area contributed by atoms with Gasteiger partial charge in [0.15, 0.2) is 0 Å². The molecule has 1 saturated heterocycles. The van der Waals surface area contributed by atoms with Gasteiger partial charge in [-0.2, -0.15) is 4.98 Å². The molecule has 0 saturated carbocycles. The molecule has 3 N–H and O–H groups in total. The summed E-state index contributed by atoms with van der Waals surface area (Å²) in [6, 6.07) is 9.23. The molecule has 2 atom stereocenters. The highest BCUT2D eigenvalue weighted by molar-refractivity contribution is 5.88. The molecule has 1 fully saturated rings. The molecule has 0 unspecified atom stereocenters. The number of hydrogen-bond acceptors (Lipinski definition) is 7. The number of aliphatic hydroxyl groups excluding tert-OH is 1. The molecule has 24 heavy (non-hydrogen) atoms. The number of benzene rings is 1. The van der Waals surface area contributed by atoms with Gasteiger partial charge in [-0.05, 0) is 31.5 Å². The SMILES string of the molecule is NC(=O)c1noc([C@@H]2CCCN2C[C@@H](O)COc2ccccc2)n1. The number of primary amides is 1. The molecule has 1 aliphatic heterocycles. The van der Waals surface area contributed by atoms with Gasteiger partial charge in [0.1, 0.15) is 18.5 Å². The van der Waals surface area contributed by atoms with E-state index < -0.39 is 12.0 Å². The predicted octanol–water partition coefficient (Wildman–Crippen LogP) is 0.745. The lowest BCUT2D eigenvalue weighted by Gasteiger charge is -2.24. The van der Waals surface area contributed by atoms with Crippen molar-refractivity contribution in [1.29, 1.82) is 0 Å². The fourth-order valence-corrected chi connectivity index (χ4v) is 2.83. The van der Waals surface area contributed by atoms with Gasteiger partial charge in [-0.3, -0.25) is 9.69 Å². The maximum Gasteiger partial charge on any atom is 0.290 e. The number of amides is 1. The van der Waals surface area contributed by atoms with Gasteiger partial charge in [-0.1, -0.05) is 23.4 Å². The van der Waals surface area contributed by atoms with Gasteiger partial charge in [-0.25, -0.2) is 0 Å². The Labute approximate surface area is 139 Å². The van der Waals surface area contributed by atoms with Gasteiger partial charge in [0.05, 0.1) is 6.04 Å². The van der Waals surface area contributed by atoms with Crippen molar-refractivity contribution in [1.82, 2.24) is 15.0 Å². The van der Waals surface area contributed by atoms with E-state index in [0.29, 0.717) is 12.4 Å². The van der Waals surface area contributed by atoms with Crippen molar-refractivity contribution in [3.8, 4) is 5.75 Å². The fraction of sp³-hybridized carbons (Fsp3) is 0.438. The molecule has 2 aromatic rings. The smallest absolute Gasteiger partial charge is 0.290 e. The predicted molar refractivity (Wildman–Crippen MR) is 84.3 cm³/mol. The minimum atomic E-state index is -0.717. The van der Waals surface area contributed by atoms with E-state index in [2.05, 4.69) is 15.0 Å². The number of ether oxygens (including phenoxy) is 1. The van der Waals surface area contributed by atoms with Crippen LogP contribution in [0.4, 0.5) is 0 Å². The molecule has 1 amide bonds. The lowest BCUT2D eigenvalue weighted by molar-refractivity contribution is 0.0589. The average molecular weight is 332 g/mol. The maximum atomic E-state index is 11.1. The molecule has 0 aliphatic carbocycles. The van der Waals surface area contributed by atoms with E-state index in [-0.39, 0.29) is 18.5 Å². The summed E-state index contributed by atoms with van der Waals surface area (Å²) in [6.45, 7) is 1.43. The minimum absolute atomic E-state index is 0.114. The summed E-state index contributed by atoms with van der Waals surface area (Å²) in [7, 11) is 0. The van der Waals surface area contributed by atoms with Gasteiger partial charge in [0.25, 0.3) is 11.7 Å². The van der Waals surface area contributed by atoms with Crippen LogP contribution < -0.4 is 10.5 Å². The Morgan fingerprint density at radius 3 is 2.96 bits per heavy atom. The first-order chi connectivity index (χ1) is 11.6. The van der Waals surface area contributed by atoms with Crippen LogP contribution in [-0.4, -0.2) is 51.9 Å². The van der Waals surface area contributed by atoms with Gasteiger partial charge < -0.3 is 20.1 Å². The average Bonchev–Trinajstić information content (AvgIpc) is 3.22. The van der Waals surface area contributed by atoms with Crippen molar-refractivity contribution in [2.75, 3.05) is 19.7 Å². The Morgan fingerprint density at radius 1 is 1.46 bits per heavy atom. The van der Waals surface area contributed by atoms with Crippen molar-refractivity contribution in [3.05, 3.63) is 42.0 Å². The zero-order chi connectivity index (χ0) is 16.9. The first-order valence-corrected chi connectivity index (χ1v) is 7.87. The number of carbonyl (C=O) groups excluding carboxylic acids is 1. The third kappa shape index (κ3) is 3.90. The highest BCUT2D eigenvalue weighted by atomic mass is 16.5. The molecule has 2 heterocycles. The van der Waals surface area contributed by atoms with E-state index in [9.17, 15) is 9.90 Å². The van der Waals surface area contributed by atoms with Crippen molar-refractivity contribution >= 4 is 5.91 Å². The van der Waals surface area contributed by atoms with E-state index in [1.807, 2.05) is 30.3 Å². The monoisotopic (exact) mass is 332 g/mol. The Kier molecular flexibility index (Phi) is 5.07. The molecule has 128 valence electrons. The van der Waals surface area contributed by atoms with E-state index in [1.54, 1.807) is 0 Å². The molecule has 8 heteroatoms. The number of likely N-dealkylation sites (tertiary alicyclic amines) is 1. The number of aliphatic hydroxyl groups is 1. The van der Waals surface area contributed by atoms with Gasteiger partial charge in [0, 0.05) is 6.54 Å². The molecule has 1 aliphatic rings. The van der Waals surface area contributed by atoms with Crippen molar-refractivity contribution in [2.24, 2.45) is 5.73 Å². The lowest BCUT2D eigenvalue weighted by Crippen LogP contribution is -2.35. The van der Waals surface area contributed by atoms with Gasteiger partial charge >= 0.3 is 0 Å². The van der Waals surface area contributed by atoms with Crippen molar-refractivity contribution < 1.29 is 19.2 Å². The molecular formula is C16H20N4O4. The zero-order valence-corrected chi connectivity index (χ0v) is 13.2. The number of para-hydroxylation sites is 1. The summed E-state index contributed by atoms with van der Waals surface area (Å²) >= 11 is 0. The third-order valence-electron chi connectivity index (χ3n) is 3.94. The van der Waals surface area contributed by atoms with Crippen LogP contribution in [0.5, 0.6) is 5.75 Å². The van der Waals surface area contributed by atoms with Crippen LogP contribution in [0, 0.1) is 0 Å². The van der Waals surface area contributed by atoms with E-state index >= 15 is 0 Å².